The molecular weight excluding hydrogens is 200 g/mol. The van der Waals surface area contributed by atoms with Crippen LogP contribution in [-0.4, -0.2) is 11.6 Å². The van der Waals surface area contributed by atoms with Gasteiger partial charge in [0.2, 0.25) is 11.6 Å². The zero-order chi connectivity index (χ0) is 11.7. The van der Waals surface area contributed by atoms with Gasteiger partial charge in [0, 0.05) is 5.92 Å². The average Bonchev–Trinajstić information content (AvgIpc) is 2.12. The Kier molecular flexibility index (Phi) is 1.60. The van der Waals surface area contributed by atoms with Gasteiger partial charge in [-0.1, -0.05) is 45.1 Å². The van der Waals surface area contributed by atoms with Crippen LogP contribution >= 0.6 is 0 Å². The van der Waals surface area contributed by atoms with Gasteiger partial charge in [-0.2, -0.15) is 0 Å². The standard InChI is InChI=1S/C14H16O2/c1-13(2,3)14-7-6-9(11(15)12(14)16)8-4-5-10(8)14/h4-10H,1-3H3/t8-,9+,10+,14-/m1/s1. The monoisotopic (exact) mass is 216 g/mol. The Morgan fingerprint density at radius 1 is 1.12 bits per heavy atom. The smallest absolute Gasteiger partial charge is 0.210 e. The van der Waals surface area contributed by atoms with Gasteiger partial charge in [0.05, 0.1) is 11.3 Å². The first-order valence-corrected chi connectivity index (χ1v) is 5.86. The maximum absolute atomic E-state index is 12.3. The molecule has 1 saturated carbocycles. The van der Waals surface area contributed by atoms with Crippen LogP contribution in [0.3, 0.4) is 0 Å². The second-order valence-corrected chi connectivity index (χ2v) is 6.19. The largest absolute Gasteiger partial charge is 0.290 e. The number of fused-ring (bicyclic) bond motifs is 1. The summed E-state index contributed by atoms with van der Waals surface area (Å²) >= 11 is 0. The summed E-state index contributed by atoms with van der Waals surface area (Å²) in [5.41, 5.74) is -0.784. The molecule has 1 fully saturated rings. The Hall–Kier alpha value is -1.18. The highest BCUT2D eigenvalue weighted by Gasteiger charge is 2.65. The fraction of sp³-hybridized carbons (Fsp3) is 0.571. The summed E-state index contributed by atoms with van der Waals surface area (Å²) in [7, 11) is 0. The van der Waals surface area contributed by atoms with E-state index < -0.39 is 5.41 Å². The number of hydrogen-bond donors (Lipinski definition) is 0. The molecule has 0 aromatic heterocycles. The maximum Gasteiger partial charge on any atom is 0.210 e. The number of hydrogen-bond acceptors (Lipinski definition) is 2. The van der Waals surface area contributed by atoms with Gasteiger partial charge in [0.15, 0.2) is 0 Å². The molecule has 0 radical (unpaired) electrons. The molecule has 0 spiro atoms. The molecule has 4 atom stereocenters. The van der Waals surface area contributed by atoms with Crippen molar-refractivity contribution in [3.8, 4) is 0 Å². The fourth-order valence-corrected chi connectivity index (χ4v) is 3.58. The molecule has 2 heteroatoms. The van der Waals surface area contributed by atoms with E-state index in [4.69, 9.17) is 0 Å². The third-order valence-electron chi connectivity index (χ3n) is 4.61. The second kappa shape index (κ2) is 2.55. The van der Waals surface area contributed by atoms with Crippen molar-refractivity contribution < 1.29 is 9.59 Å². The van der Waals surface area contributed by atoms with Crippen LogP contribution in [0.25, 0.3) is 0 Å². The van der Waals surface area contributed by atoms with Crippen LogP contribution in [-0.2, 0) is 9.59 Å². The minimum Gasteiger partial charge on any atom is -0.290 e. The molecule has 4 rings (SSSR count). The first-order chi connectivity index (χ1) is 7.39. The molecule has 0 saturated heterocycles. The van der Waals surface area contributed by atoms with Crippen molar-refractivity contribution in [1.82, 2.24) is 0 Å². The molecule has 0 unspecified atom stereocenters. The Labute approximate surface area is 95.4 Å². The summed E-state index contributed by atoms with van der Waals surface area (Å²) in [6.45, 7) is 6.16. The van der Waals surface area contributed by atoms with Crippen LogP contribution in [0, 0.1) is 28.6 Å². The topological polar surface area (TPSA) is 34.1 Å². The van der Waals surface area contributed by atoms with Crippen molar-refractivity contribution in [1.29, 1.82) is 0 Å². The Balaban J connectivity index is 2.25. The Morgan fingerprint density at radius 2 is 1.81 bits per heavy atom. The molecule has 0 aliphatic heterocycles. The molecule has 2 bridgehead atoms. The number of carbonyl (C=O) groups excluding carboxylic acids is 2. The van der Waals surface area contributed by atoms with Gasteiger partial charge >= 0.3 is 0 Å². The molecule has 84 valence electrons. The molecule has 0 amide bonds. The summed E-state index contributed by atoms with van der Waals surface area (Å²) < 4.78 is 0. The fourth-order valence-electron chi connectivity index (χ4n) is 3.58. The predicted molar refractivity (Wildman–Crippen MR) is 60.7 cm³/mol. The van der Waals surface area contributed by atoms with Crippen LogP contribution in [0.15, 0.2) is 24.3 Å². The van der Waals surface area contributed by atoms with Gasteiger partial charge in [0.25, 0.3) is 0 Å². The van der Waals surface area contributed by atoms with Gasteiger partial charge in [-0.3, -0.25) is 9.59 Å². The van der Waals surface area contributed by atoms with Gasteiger partial charge in [0.1, 0.15) is 0 Å². The lowest BCUT2D eigenvalue weighted by atomic mass is 9.43. The zero-order valence-electron chi connectivity index (χ0n) is 9.86. The van der Waals surface area contributed by atoms with E-state index in [1.165, 1.54) is 0 Å². The number of Topliss-reactive ketones (excluding diaryl/α,β-unsaturated/α-hetero) is 2. The molecule has 4 aliphatic rings. The van der Waals surface area contributed by atoms with Crippen molar-refractivity contribution >= 4 is 11.6 Å². The summed E-state index contributed by atoms with van der Waals surface area (Å²) in [4.78, 5) is 24.3. The normalized spacial score (nSPS) is 44.6. The van der Waals surface area contributed by atoms with Crippen molar-refractivity contribution in [2.75, 3.05) is 0 Å². The molecule has 2 nitrogen and oxygen atoms in total. The van der Waals surface area contributed by atoms with Gasteiger partial charge in [-0.25, -0.2) is 0 Å². The van der Waals surface area contributed by atoms with Gasteiger partial charge in [-0.15, -0.1) is 0 Å². The van der Waals surface area contributed by atoms with E-state index in [1.54, 1.807) is 0 Å². The Bertz CT molecular complexity index is 450. The van der Waals surface area contributed by atoms with Crippen molar-refractivity contribution in [3.63, 3.8) is 0 Å². The molecule has 0 N–H and O–H groups in total. The van der Waals surface area contributed by atoms with Crippen LogP contribution < -0.4 is 0 Å². The van der Waals surface area contributed by atoms with E-state index in [0.717, 1.165) is 0 Å². The number of carbonyl (C=O) groups is 2. The highest BCUT2D eigenvalue weighted by molar-refractivity contribution is 6.42. The first kappa shape index (κ1) is 10.0. The van der Waals surface area contributed by atoms with Crippen molar-refractivity contribution in [2.24, 2.45) is 28.6 Å². The van der Waals surface area contributed by atoms with E-state index in [9.17, 15) is 9.59 Å². The van der Waals surface area contributed by atoms with E-state index in [2.05, 4.69) is 32.9 Å². The van der Waals surface area contributed by atoms with Gasteiger partial charge in [-0.05, 0) is 11.3 Å². The van der Waals surface area contributed by atoms with E-state index >= 15 is 0 Å². The molecule has 0 aromatic rings. The molecular formula is C14H16O2. The lowest BCUT2D eigenvalue weighted by Crippen LogP contribution is -2.63. The molecule has 0 aromatic carbocycles. The van der Waals surface area contributed by atoms with E-state index in [0.29, 0.717) is 0 Å². The minimum atomic E-state index is -0.585. The average molecular weight is 216 g/mol. The SMILES string of the molecule is CC(C)(C)[C@@]12C=C[C@H](C(=O)C1=O)[C@H]1C=C[C@@H]12. The second-order valence-electron chi connectivity index (χ2n) is 6.19. The lowest BCUT2D eigenvalue weighted by molar-refractivity contribution is -0.157. The quantitative estimate of drug-likeness (QED) is 0.459. The summed E-state index contributed by atoms with van der Waals surface area (Å²) in [5, 5.41) is 0. The van der Waals surface area contributed by atoms with Crippen LogP contribution in [0.1, 0.15) is 20.8 Å². The maximum atomic E-state index is 12.3. The Morgan fingerprint density at radius 3 is 2.31 bits per heavy atom. The zero-order valence-corrected chi connectivity index (χ0v) is 9.86. The minimum absolute atomic E-state index is 0.168. The third-order valence-corrected chi connectivity index (χ3v) is 4.61. The van der Waals surface area contributed by atoms with Crippen molar-refractivity contribution in [3.05, 3.63) is 24.3 Å². The predicted octanol–water partition coefficient (Wildman–Crippen LogP) is 2.16. The van der Waals surface area contributed by atoms with Crippen molar-refractivity contribution in [2.45, 2.75) is 20.8 Å². The summed E-state index contributed by atoms with van der Waals surface area (Å²) in [6, 6.07) is 0. The van der Waals surface area contributed by atoms with Gasteiger partial charge < -0.3 is 0 Å². The highest BCUT2D eigenvalue weighted by atomic mass is 16.2. The number of allylic oxidation sites excluding steroid dienone is 4. The highest BCUT2D eigenvalue weighted by Crippen LogP contribution is 2.61. The summed E-state index contributed by atoms with van der Waals surface area (Å²) in [6.07, 6.45) is 8.16. The van der Waals surface area contributed by atoms with Crippen LogP contribution in [0.2, 0.25) is 0 Å². The third kappa shape index (κ3) is 0.817. The van der Waals surface area contributed by atoms with Crippen LogP contribution in [0.5, 0.6) is 0 Å². The number of rotatable bonds is 0. The number of ketones is 2. The molecule has 16 heavy (non-hydrogen) atoms. The molecule has 4 aliphatic carbocycles. The summed E-state index contributed by atoms with van der Waals surface area (Å²) in [5.74, 6) is -0.00465. The lowest BCUT2D eigenvalue weighted by Gasteiger charge is -2.58. The van der Waals surface area contributed by atoms with E-state index in [1.807, 2.05) is 12.2 Å². The van der Waals surface area contributed by atoms with E-state index in [-0.39, 0.29) is 34.7 Å². The first-order valence-electron chi connectivity index (χ1n) is 5.86. The molecule has 0 heterocycles. The van der Waals surface area contributed by atoms with Crippen LogP contribution in [0.4, 0.5) is 0 Å².